The summed E-state index contributed by atoms with van der Waals surface area (Å²) < 4.78 is 38.7. The quantitative estimate of drug-likeness (QED) is 0.315. The minimum Gasteiger partial charge on any atom is -0.321 e. The Morgan fingerprint density at radius 2 is 1.75 bits per heavy atom. The van der Waals surface area contributed by atoms with E-state index in [1.165, 1.54) is 18.2 Å². The van der Waals surface area contributed by atoms with Gasteiger partial charge in [-0.15, -0.1) is 0 Å². The Morgan fingerprint density at radius 3 is 2.44 bits per heavy atom. The van der Waals surface area contributed by atoms with Crippen LogP contribution in [-0.2, 0) is 17.4 Å². The zero-order valence-corrected chi connectivity index (χ0v) is 17.9. The van der Waals surface area contributed by atoms with E-state index < -0.39 is 17.6 Å². The predicted octanol–water partition coefficient (Wildman–Crippen LogP) is 7.15. The first-order chi connectivity index (χ1) is 15.2. The van der Waals surface area contributed by atoms with Crippen molar-refractivity contribution in [3.63, 3.8) is 0 Å². The van der Waals surface area contributed by atoms with E-state index in [0.29, 0.717) is 22.0 Å². The molecule has 3 aromatic carbocycles. The summed E-state index contributed by atoms with van der Waals surface area (Å²) in [6, 6.07) is 18.3. The van der Waals surface area contributed by atoms with Crippen molar-refractivity contribution in [2.45, 2.75) is 12.6 Å². The molecule has 0 unspecified atom stereocenters. The van der Waals surface area contributed by atoms with Crippen molar-refractivity contribution in [2.75, 3.05) is 5.32 Å². The largest absolute Gasteiger partial charge is 0.416 e. The molecule has 1 amide bonds. The summed E-state index contributed by atoms with van der Waals surface area (Å²) in [5.74, 6) is -0.838. The second-order valence-electron chi connectivity index (χ2n) is 6.81. The highest BCUT2D eigenvalue weighted by Crippen LogP contribution is 2.31. The second-order valence-corrected chi connectivity index (χ2v) is 7.66. The molecule has 3 nitrogen and oxygen atoms in total. The van der Waals surface area contributed by atoms with Gasteiger partial charge in [0.05, 0.1) is 5.56 Å². The van der Waals surface area contributed by atoms with Gasteiger partial charge in [0.1, 0.15) is 11.6 Å². The third kappa shape index (κ3) is 5.91. The molecule has 0 radical (unpaired) electrons. The molecule has 8 heteroatoms. The van der Waals surface area contributed by atoms with Gasteiger partial charge < -0.3 is 5.32 Å². The molecule has 3 rings (SSSR count). The summed E-state index contributed by atoms with van der Waals surface area (Å²) >= 11 is 12.3. The molecule has 0 fully saturated rings. The second kappa shape index (κ2) is 9.90. The van der Waals surface area contributed by atoms with E-state index in [1.807, 2.05) is 12.1 Å². The topological polar surface area (TPSA) is 52.9 Å². The number of nitrogens with one attached hydrogen (secondary N) is 1. The van der Waals surface area contributed by atoms with Gasteiger partial charge in [0, 0.05) is 15.7 Å². The van der Waals surface area contributed by atoms with Gasteiger partial charge in [-0.25, -0.2) is 0 Å². The molecule has 0 bridgehead atoms. The van der Waals surface area contributed by atoms with Crippen LogP contribution in [0.4, 0.5) is 18.9 Å². The Bertz CT molecular complexity index is 1230. The average molecular weight is 475 g/mol. The van der Waals surface area contributed by atoms with Crippen LogP contribution in [0.2, 0.25) is 10.0 Å². The molecular weight excluding hydrogens is 460 g/mol. The zero-order valence-electron chi connectivity index (χ0n) is 16.4. The van der Waals surface area contributed by atoms with Crippen molar-refractivity contribution in [2.24, 2.45) is 0 Å². The van der Waals surface area contributed by atoms with Gasteiger partial charge in [-0.2, -0.15) is 18.4 Å². The van der Waals surface area contributed by atoms with E-state index in [-0.39, 0.29) is 11.3 Å². The van der Waals surface area contributed by atoms with E-state index in [9.17, 15) is 23.2 Å². The Labute approximate surface area is 192 Å². The molecule has 0 spiro atoms. The monoisotopic (exact) mass is 474 g/mol. The number of rotatable bonds is 5. The number of benzene rings is 3. The lowest BCUT2D eigenvalue weighted by Gasteiger charge is -2.11. The van der Waals surface area contributed by atoms with Crippen LogP contribution in [-0.4, -0.2) is 5.91 Å². The number of hydrogen-bond donors (Lipinski definition) is 1. The molecule has 0 atom stereocenters. The molecular formula is C24H15Cl2F3N2O. The zero-order chi connectivity index (χ0) is 23.3. The van der Waals surface area contributed by atoms with E-state index in [2.05, 4.69) is 5.32 Å². The standard InChI is InChI=1S/C24H15Cl2F3N2O/c25-20-9-8-15(10-16-4-1-2-7-22(16)26)17(12-20)11-18(14-30)23(32)31-21-6-3-5-19(13-21)24(27,28)29/h1-9,11-13H,10H2,(H,31,32)/b18-11+. The first-order valence-corrected chi connectivity index (χ1v) is 10.0. The Hall–Kier alpha value is -3.27. The minimum absolute atomic E-state index is 0.0756. The summed E-state index contributed by atoms with van der Waals surface area (Å²) in [4.78, 5) is 12.6. The van der Waals surface area contributed by atoms with Crippen LogP contribution in [0.25, 0.3) is 6.08 Å². The van der Waals surface area contributed by atoms with Gasteiger partial charge in [0.15, 0.2) is 0 Å². The van der Waals surface area contributed by atoms with E-state index in [4.69, 9.17) is 23.2 Å². The van der Waals surface area contributed by atoms with E-state index in [1.54, 1.807) is 36.4 Å². The highest BCUT2D eigenvalue weighted by atomic mass is 35.5. The number of nitrogens with zero attached hydrogens (tertiary/aromatic N) is 1. The predicted molar refractivity (Wildman–Crippen MR) is 119 cm³/mol. The Balaban J connectivity index is 1.91. The first-order valence-electron chi connectivity index (χ1n) is 9.29. The summed E-state index contributed by atoms with van der Waals surface area (Å²) in [7, 11) is 0. The van der Waals surface area contributed by atoms with Crippen LogP contribution < -0.4 is 5.32 Å². The lowest BCUT2D eigenvalue weighted by molar-refractivity contribution is -0.137. The number of alkyl halides is 3. The molecule has 3 aromatic rings. The van der Waals surface area contributed by atoms with Gasteiger partial charge >= 0.3 is 6.18 Å². The van der Waals surface area contributed by atoms with Crippen LogP contribution in [0.5, 0.6) is 0 Å². The van der Waals surface area contributed by atoms with Gasteiger partial charge in [0.2, 0.25) is 0 Å². The van der Waals surface area contributed by atoms with Crippen LogP contribution >= 0.6 is 23.2 Å². The normalized spacial score (nSPS) is 11.7. The maximum absolute atomic E-state index is 12.9. The first kappa shape index (κ1) is 23.4. The number of carbonyl (C=O) groups is 1. The number of hydrogen-bond acceptors (Lipinski definition) is 2. The third-order valence-corrected chi connectivity index (χ3v) is 5.16. The molecule has 0 heterocycles. The summed E-state index contributed by atoms with van der Waals surface area (Å²) in [6.07, 6.45) is -2.78. The van der Waals surface area contributed by atoms with E-state index >= 15 is 0 Å². The molecule has 162 valence electrons. The SMILES string of the molecule is N#C/C(=C\c1cc(Cl)ccc1Cc1ccccc1Cl)C(=O)Nc1cccc(C(F)(F)F)c1. The van der Waals surface area contributed by atoms with Gasteiger partial charge in [0.25, 0.3) is 5.91 Å². The van der Waals surface area contributed by atoms with Crippen LogP contribution in [0.15, 0.2) is 72.3 Å². The van der Waals surface area contributed by atoms with Crippen LogP contribution in [0, 0.1) is 11.3 Å². The highest BCUT2D eigenvalue weighted by Gasteiger charge is 2.30. The summed E-state index contributed by atoms with van der Waals surface area (Å²) in [5, 5.41) is 12.8. The minimum atomic E-state index is -4.55. The molecule has 0 aliphatic rings. The van der Waals surface area contributed by atoms with Gasteiger partial charge in [-0.05, 0) is 65.6 Å². The van der Waals surface area contributed by atoms with Crippen molar-refractivity contribution in [3.05, 3.63) is 105 Å². The Kier molecular flexibility index (Phi) is 7.24. The lowest BCUT2D eigenvalue weighted by atomic mass is 9.98. The summed E-state index contributed by atoms with van der Waals surface area (Å²) in [6.45, 7) is 0. The molecule has 1 N–H and O–H groups in total. The highest BCUT2D eigenvalue weighted by molar-refractivity contribution is 6.31. The fourth-order valence-corrected chi connectivity index (χ4v) is 3.37. The van der Waals surface area contributed by atoms with Crippen LogP contribution in [0.1, 0.15) is 22.3 Å². The lowest BCUT2D eigenvalue weighted by Crippen LogP contribution is -2.14. The van der Waals surface area contributed by atoms with E-state index in [0.717, 1.165) is 23.3 Å². The number of anilines is 1. The van der Waals surface area contributed by atoms with Crippen molar-refractivity contribution >= 4 is 40.9 Å². The smallest absolute Gasteiger partial charge is 0.321 e. The van der Waals surface area contributed by atoms with Crippen molar-refractivity contribution in [1.29, 1.82) is 5.26 Å². The third-order valence-electron chi connectivity index (χ3n) is 4.56. The van der Waals surface area contributed by atoms with Crippen molar-refractivity contribution in [3.8, 4) is 6.07 Å². The Morgan fingerprint density at radius 1 is 1.00 bits per heavy atom. The van der Waals surface area contributed by atoms with Gasteiger partial charge in [-0.3, -0.25) is 4.79 Å². The molecule has 0 saturated heterocycles. The molecule has 0 aliphatic heterocycles. The number of amides is 1. The van der Waals surface area contributed by atoms with Crippen molar-refractivity contribution in [1.82, 2.24) is 0 Å². The number of halogens is 5. The summed E-state index contributed by atoms with van der Waals surface area (Å²) in [5.41, 5.74) is 0.862. The van der Waals surface area contributed by atoms with Crippen LogP contribution in [0.3, 0.4) is 0 Å². The molecule has 0 aliphatic carbocycles. The maximum atomic E-state index is 12.9. The molecule has 0 aromatic heterocycles. The average Bonchev–Trinajstić information content (AvgIpc) is 2.74. The van der Waals surface area contributed by atoms with Crippen molar-refractivity contribution < 1.29 is 18.0 Å². The fraction of sp³-hybridized carbons (Fsp3) is 0.0833. The maximum Gasteiger partial charge on any atom is 0.416 e. The number of nitriles is 1. The molecule has 0 saturated carbocycles. The molecule has 32 heavy (non-hydrogen) atoms. The van der Waals surface area contributed by atoms with Gasteiger partial charge in [-0.1, -0.05) is 53.5 Å². The fourth-order valence-electron chi connectivity index (χ4n) is 2.98. The number of carbonyl (C=O) groups excluding carboxylic acids is 1.